The van der Waals surface area contributed by atoms with Crippen LogP contribution in [0.5, 0.6) is 0 Å². The van der Waals surface area contributed by atoms with E-state index in [0.717, 1.165) is 17.0 Å². The van der Waals surface area contributed by atoms with Crippen molar-refractivity contribution in [3.05, 3.63) is 33.9 Å². The summed E-state index contributed by atoms with van der Waals surface area (Å²) in [5.41, 5.74) is 1.17. The second kappa shape index (κ2) is 7.20. The molecule has 0 bridgehead atoms. The van der Waals surface area contributed by atoms with E-state index in [2.05, 4.69) is 5.10 Å². The fraction of sp³-hybridized carbons (Fsp3) is 0.529. The lowest BCUT2D eigenvalue weighted by molar-refractivity contribution is 0.0697. The second-order valence-corrected chi connectivity index (χ2v) is 11.4. The number of thiophene rings is 1. The number of carbonyl (C=O) groups excluding carboxylic acids is 1. The number of nitrogens with zero attached hydrogens (tertiary/aromatic N) is 4. The van der Waals surface area contributed by atoms with Crippen LogP contribution in [0.4, 0.5) is 0 Å². The Morgan fingerprint density at radius 1 is 1.19 bits per heavy atom. The quantitative estimate of drug-likeness (QED) is 0.750. The minimum absolute atomic E-state index is 0.112. The molecule has 1 aliphatic heterocycles. The van der Waals surface area contributed by atoms with Gasteiger partial charge in [0.05, 0.1) is 21.6 Å². The van der Waals surface area contributed by atoms with Crippen molar-refractivity contribution in [3.63, 3.8) is 0 Å². The van der Waals surface area contributed by atoms with Crippen molar-refractivity contribution in [1.29, 1.82) is 0 Å². The third-order valence-electron chi connectivity index (χ3n) is 4.54. The molecule has 0 atom stereocenters. The van der Waals surface area contributed by atoms with E-state index in [-0.39, 0.29) is 28.7 Å². The van der Waals surface area contributed by atoms with Crippen LogP contribution in [0.1, 0.15) is 36.8 Å². The summed E-state index contributed by atoms with van der Waals surface area (Å²) in [5.74, 6) is -0.112. The molecular weight excluding hydrogens is 408 g/mol. The van der Waals surface area contributed by atoms with Gasteiger partial charge in [-0.3, -0.25) is 9.48 Å². The van der Waals surface area contributed by atoms with E-state index >= 15 is 0 Å². The Bertz CT molecular complexity index is 951. The molecule has 3 rings (SSSR count). The molecule has 0 aliphatic carbocycles. The highest BCUT2D eigenvalue weighted by Crippen LogP contribution is 2.29. The fourth-order valence-corrected chi connectivity index (χ4v) is 6.22. The maximum Gasteiger partial charge on any atom is 0.257 e. The molecule has 1 aliphatic rings. The SMILES string of the molecule is Cc1c(C(=O)N2CCN(S(=O)(=O)c3ccc(Cl)s3)CC2)cnn1C(C)(C)C. The van der Waals surface area contributed by atoms with E-state index < -0.39 is 10.0 Å². The zero-order chi connectivity index (χ0) is 20.0. The first-order valence-electron chi connectivity index (χ1n) is 8.61. The maximum absolute atomic E-state index is 12.9. The van der Waals surface area contributed by atoms with E-state index in [0.29, 0.717) is 23.0 Å². The molecule has 7 nitrogen and oxygen atoms in total. The first-order valence-corrected chi connectivity index (χ1v) is 11.2. The van der Waals surface area contributed by atoms with Crippen molar-refractivity contribution >= 4 is 38.9 Å². The Balaban J connectivity index is 1.71. The molecule has 2 aromatic rings. The predicted octanol–water partition coefficient (Wildman–Crippen LogP) is 2.81. The van der Waals surface area contributed by atoms with Gasteiger partial charge >= 0.3 is 0 Å². The van der Waals surface area contributed by atoms with Gasteiger partial charge in [0.2, 0.25) is 0 Å². The first-order chi connectivity index (χ1) is 12.5. The van der Waals surface area contributed by atoms with Crippen molar-refractivity contribution in [2.75, 3.05) is 26.2 Å². The average molecular weight is 431 g/mol. The van der Waals surface area contributed by atoms with Crippen molar-refractivity contribution in [3.8, 4) is 0 Å². The Kier molecular flexibility index (Phi) is 5.42. The van der Waals surface area contributed by atoms with Gasteiger partial charge in [0.1, 0.15) is 4.21 Å². The summed E-state index contributed by atoms with van der Waals surface area (Å²) in [6.45, 7) is 9.18. The van der Waals surface area contributed by atoms with Crippen molar-refractivity contribution < 1.29 is 13.2 Å². The summed E-state index contributed by atoms with van der Waals surface area (Å²) in [6.07, 6.45) is 1.60. The number of aromatic nitrogens is 2. The average Bonchev–Trinajstić information content (AvgIpc) is 3.20. The van der Waals surface area contributed by atoms with Crippen LogP contribution in [-0.2, 0) is 15.6 Å². The largest absolute Gasteiger partial charge is 0.336 e. The summed E-state index contributed by atoms with van der Waals surface area (Å²) in [4.78, 5) is 14.6. The van der Waals surface area contributed by atoms with E-state index in [1.165, 1.54) is 10.4 Å². The molecule has 0 saturated carbocycles. The highest BCUT2D eigenvalue weighted by molar-refractivity contribution is 7.91. The predicted molar refractivity (Wildman–Crippen MR) is 106 cm³/mol. The number of carbonyl (C=O) groups is 1. The molecule has 27 heavy (non-hydrogen) atoms. The van der Waals surface area contributed by atoms with Gasteiger partial charge in [-0.05, 0) is 39.8 Å². The van der Waals surface area contributed by atoms with Crippen LogP contribution in [-0.4, -0.2) is 59.5 Å². The molecule has 1 fully saturated rings. The van der Waals surface area contributed by atoms with Crippen molar-refractivity contribution in [2.24, 2.45) is 0 Å². The molecule has 1 saturated heterocycles. The lowest BCUT2D eigenvalue weighted by Crippen LogP contribution is -2.50. The Morgan fingerprint density at radius 3 is 2.30 bits per heavy atom. The van der Waals surface area contributed by atoms with Crippen LogP contribution in [0.15, 0.2) is 22.5 Å². The van der Waals surface area contributed by atoms with Gasteiger partial charge in [-0.15, -0.1) is 11.3 Å². The highest BCUT2D eigenvalue weighted by Gasteiger charge is 2.32. The Morgan fingerprint density at radius 2 is 1.81 bits per heavy atom. The van der Waals surface area contributed by atoms with Crippen LogP contribution in [0.3, 0.4) is 0 Å². The Labute approximate surface area is 168 Å². The molecule has 0 aromatic carbocycles. The number of amides is 1. The van der Waals surface area contributed by atoms with Crippen LogP contribution < -0.4 is 0 Å². The van der Waals surface area contributed by atoms with Crippen molar-refractivity contribution in [1.82, 2.24) is 19.0 Å². The molecule has 148 valence electrons. The molecular formula is C17H23ClN4O3S2. The topological polar surface area (TPSA) is 75.5 Å². The summed E-state index contributed by atoms with van der Waals surface area (Å²) in [7, 11) is -3.57. The van der Waals surface area contributed by atoms with Crippen LogP contribution in [0.25, 0.3) is 0 Å². The molecule has 2 aromatic heterocycles. The standard InChI is InChI=1S/C17H23ClN4O3S2/c1-12-13(11-19-22(12)17(2,3)4)16(23)20-7-9-21(10-8-20)27(24,25)15-6-5-14(18)26-15/h5-6,11H,7-10H2,1-4H3. The molecule has 10 heteroatoms. The van der Waals surface area contributed by atoms with E-state index in [1.807, 2.05) is 32.4 Å². The van der Waals surface area contributed by atoms with E-state index in [4.69, 9.17) is 11.6 Å². The first kappa shape index (κ1) is 20.3. The lowest BCUT2D eigenvalue weighted by Gasteiger charge is -2.33. The third kappa shape index (κ3) is 3.91. The van der Waals surface area contributed by atoms with Gasteiger partial charge in [0, 0.05) is 31.9 Å². The Hall–Kier alpha value is -1.42. The molecule has 1 amide bonds. The number of sulfonamides is 1. The monoisotopic (exact) mass is 430 g/mol. The fourth-order valence-electron chi connectivity index (χ4n) is 3.16. The van der Waals surface area contributed by atoms with Gasteiger partial charge in [-0.25, -0.2) is 8.42 Å². The molecule has 0 spiro atoms. The number of hydrogen-bond donors (Lipinski definition) is 0. The number of rotatable bonds is 3. The highest BCUT2D eigenvalue weighted by atomic mass is 35.5. The zero-order valence-electron chi connectivity index (χ0n) is 15.8. The lowest BCUT2D eigenvalue weighted by atomic mass is 10.1. The third-order valence-corrected chi connectivity index (χ3v) is 8.14. The molecule has 0 N–H and O–H groups in total. The smallest absolute Gasteiger partial charge is 0.257 e. The van der Waals surface area contributed by atoms with Crippen LogP contribution in [0.2, 0.25) is 4.34 Å². The van der Waals surface area contributed by atoms with Crippen molar-refractivity contribution in [2.45, 2.75) is 37.4 Å². The van der Waals surface area contributed by atoms with Gasteiger partial charge in [-0.1, -0.05) is 11.6 Å². The maximum atomic E-state index is 12.9. The van der Waals surface area contributed by atoms with Gasteiger partial charge in [0.25, 0.3) is 15.9 Å². The molecule has 0 radical (unpaired) electrons. The van der Waals surface area contributed by atoms with Crippen LogP contribution >= 0.6 is 22.9 Å². The summed E-state index contributed by atoms with van der Waals surface area (Å²) >= 11 is 6.90. The number of halogens is 1. The number of hydrogen-bond acceptors (Lipinski definition) is 5. The summed E-state index contributed by atoms with van der Waals surface area (Å²) in [5, 5.41) is 4.35. The summed E-state index contributed by atoms with van der Waals surface area (Å²) < 4.78 is 29.3. The normalized spacial score (nSPS) is 16.7. The van der Waals surface area contributed by atoms with E-state index in [1.54, 1.807) is 17.2 Å². The minimum atomic E-state index is -3.57. The van der Waals surface area contributed by atoms with E-state index in [9.17, 15) is 13.2 Å². The minimum Gasteiger partial charge on any atom is -0.336 e. The van der Waals surface area contributed by atoms with Gasteiger partial charge in [-0.2, -0.15) is 9.40 Å². The van der Waals surface area contributed by atoms with Gasteiger partial charge in [0.15, 0.2) is 0 Å². The van der Waals surface area contributed by atoms with Crippen LogP contribution in [0, 0.1) is 6.92 Å². The summed E-state index contributed by atoms with van der Waals surface area (Å²) in [6, 6.07) is 3.10. The second-order valence-electron chi connectivity index (χ2n) is 7.48. The zero-order valence-corrected chi connectivity index (χ0v) is 18.2. The molecule has 3 heterocycles. The van der Waals surface area contributed by atoms with Gasteiger partial charge < -0.3 is 4.90 Å². The molecule has 0 unspecified atom stereocenters. The number of piperazine rings is 1.